The van der Waals surface area contributed by atoms with E-state index in [1.165, 1.54) is 4.90 Å². The first-order valence-corrected chi connectivity index (χ1v) is 8.51. The summed E-state index contributed by atoms with van der Waals surface area (Å²) in [7, 11) is 1.89. The summed E-state index contributed by atoms with van der Waals surface area (Å²) in [6, 6.07) is 5.31. The van der Waals surface area contributed by atoms with Gasteiger partial charge in [0.05, 0.1) is 28.9 Å². The maximum Gasteiger partial charge on any atom is 0.312 e. The molecule has 7 heteroatoms. The topological polar surface area (TPSA) is 95.7 Å². The van der Waals surface area contributed by atoms with E-state index in [9.17, 15) is 19.8 Å². The molecule has 1 aromatic carbocycles. The van der Waals surface area contributed by atoms with Gasteiger partial charge in [0.15, 0.2) is 0 Å². The van der Waals surface area contributed by atoms with Crippen molar-refractivity contribution in [1.29, 1.82) is 0 Å². The van der Waals surface area contributed by atoms with Gasteiger partial charge in [0.1, 0.15) is 0 Å². The Labute approximate surface area is 145 Å². The first-order chi connectivity index (χ1) is 11.9. The first-order valence-electron chi connectivity index (χ1n) is 8.51. The number of carbonyl (C=O) groups excluding carboxylic acids is 1. The molecule has 1 aliphatic heterocycles. The Morgan fingerprint density at radius 1 is 1.40 bits per heavy atom. The molecule has 1 fully saturated rings. The number of amides is 1. The van der Waals surface area contributed by atoms with Crippen molar-refractivity contribution in [3.63, 3.8) is 0 Å². The molecule has 2 aromatic rings. The highest BCUT2D eigenvalue weighted by Crippen LogP contribution is 2.37. The van der Waals surface area contributed by atoms with E-state index in [0.717, 1.165) is 11.0 Å². The molecule has 2 N–H and O–H groups in total. The fraction of sp³-hybridized carbons (Fsp3) is 0.500. The molecule has 0 radical (unpaired) electrons. The van der Waals surface area contributed by atoms with Crippen LogP contribution in [0.2, 0.25) is 0 Å². The smallest absolute Gasteiger partial charge is 0.312 e. The summed E-state index contributed by atoms with van der Waals surface area (Å²) in [5.74, 6) is -1.19. The Balaban J connectivity index is 1.80. The minimum Gasteiger partial charge on any atom is -0.481 e. The third-order valence-electron chi connectivity index (χ3n) is 5.24. The fourth-order valence-electron chi connectivity index (χ4n) is 3.71. The fourth-order valence-corrected chi connectivity index (χ4v) is 3.71. The van der Waals surface area contributed by atoms with Crippen LogP contribution in [0.3, 0.4) is 0 Å². The number of hydrogen-bond donors (Lipinski definition) is 2. The van der Waals surface area contributed by atoms with Gasteiger partial charge in [-0.3, -0.25) is 9.59 Å². The number of nitrogens with zero attached hydrogens (tertiary/aromatic N) is 3. The van der Waals surface area contributed by atoms with Gasteiger partial charge in [-0.25, -0.2) is 4.98 Å². The lowest BCUT2D eigenvalue weighted by Crippen LogP contribution is -2.56. The van der Waals surface area contributed by atoms with Crippen LogP contribution in [0.4, 0.5) is 0 Å². The second kappa shape index (κ2) is 6.48. The van der Waals surface area contributed by atoms with Gasteiger partial charge in [0.25, 0.3) is 5.91 Å². The van der Waals surface area contributed by atoms with E-state index in [1.54, 1.807) is 18.5 Å². The molecule has 0 saturated carbocycles. The van der Waals surface area contributed by atoms with Crippen LogP contribution in [0, 0.1) is 5.41 Å². The molecule has 1 aromatic heterocycles. The van der Waals surface area contributed by atoms with Gasteiger partial charge in [-0.2, -0.15) is 0 Å². The molecule has 1 amide bonds. The SMILES string of the molecule is CCC[C@]1(C(=O)O)CCN(C(=O)c2ccc3c(c2)ncn3C)C[C@@H]1O. The number of aliphatic hydroxyl groups is 1. The maximum absolute atomic E-state index is 12.8. The predicted molar refractivity (Wildman–Crippen MR) is 92.2 cm³/mol. The molecular formula is C18H23N3O4. The average Bonchev–Trinajstić information content (AvgIpc) is 2.96. The van der Waals surface area contributed by atoms with Crippen molar-refractivity contribution >= 4 is 22.9 Å². The Hall–Kier alpha value is -2.41. The van der Waals surface area contributed by atoms with E-state index in [-0.39, 0.29) is 18.9 Å². The van der Waals surface area contributed by atoms with Crippen molar-refractivity contribution < 1.29 is 19.8 Å². The number of carboxylic acids is 1. The normalized spacial score (nSPS) is 23.8. The minimum absolute atomic E-state index is 0.0331. The van der Waals surface area contributed by atoms with Crippen LogP contribution in [0.25, 0.3) is 11.0 Å². The quantitative estimate of drug-likeness (QED) is 0.878. The Morgan fingerprint density at radius 2 is 2.16 bits per heavy atom. The molecule has 0 spiro atoms. The third kappa shape index (κ3) is 2.89. The molecule has 7 nitrogen and oxygen atoms in total. The zero-order valence-corrected chi connectivity index (χ0v) is 14.5. The van der Waals surface area contributed by atoms with Crippen molar-refractivity contribution in [3.05, 3.63) is 30.1 Å². The highest BCUT2D eigenvalue weighted by Gasteiger charge is 2.48. The molecule has 3 rings (SSSR count). The van der Waals surface area contributed by atoms with Crippen LogP contribution in [-0.2, 0) is 11.8 Å². The molecule has 134 valence electrons. The van der Waals surface area contributed by atoms with Crippen molar-refractivity contribution in [2.75, 3.05) is 13.1 Å². The van der Waals surface area contributed by atoms with E-state index in [0.29, 0.717) is 24.9 Å². The monoisotopic (exact) mass is 345 g/mol. The number of imidazole rings is 1. The second-order valence-electron chi connectivity index (χ2n) is 6.79. The van der Waals surface area contributed by atoms with E-state index < -0.39 is 17.5 Å². The molecule has 0 aliphatic carbocycles. The van der Waals surface area contributed by atoms with Crippen LogP contribution in [-0.4, -0.2) is 55.7 Å². The minimum atomic E-state index is -1.16. The maximum atomic E-state index is 12.8. The largest absolute Gasteiger partial charge is 0.481 e. The number of hydrogen-bond acceptors (Lipinski definition) is 4. The third-order valence-corrected chi connectivity index (χ3v) is 5.24. The second-order valence-corrected chi connectivity index (χ2v) is 6.79. The summed E-state index contributed by atoms with van der Waals surface area (Å²) < 4.78 is 1.88. The standard InChI is InChI=1S/C18H23N3O4/c1-3-6-18(17(24)25)7-8-21(10-15(18)22)16(23)12-4-5-14-13(9-12)19-11-20(14)2/h4-5,9,11,15,22H,3,6-8,10H2,1-2H3,(H,24,25)/t15-,18-/m0/s1. The Morgan fingerprint density at radius 3 is 2.80 bits per heavy atom. The van der Waals surface area contributed by atoms with Crippen LogP contribution >= 0.6 is 0 Å². The average molecular weight is 345 g/mol. The molecule has 2 heterocycles. The lowest BCUT2D eigenvalue weighted by atomic mass is 9.72. The van der Waals surface area contributed by atoms with Gasteiger partial charge in [-0.15, -0.1) is 0 Å². The van der Waals surface area contributed by atoms with Gasteiger partial charge in [0, 0.05) is 25.7 Å². The summed E-state index contributed by atoms with van der Waals surface area (Å²) >= 11 is 0. The van der Waals surface area contributed by atoms with E-state index in [4.69, 9.17) is 0 Å². The summed E-state index contributed by atoms with van der Waals surface area (Å²) in [6.45, 7) is 2.25. The van der Waals surface area contributed by atoms with Gasteiger partial charge in [0.2, 0.25) is 0 Å². The van der Waals surface area contributed by atoms with Crippen LogP contribution in [0.1, 0.15) is 36.5 Å². The summed E-state index contributed by atoms with van der Waals surface area (Å²) in [6.07, 6.45) is 1.96. The Bertz CT molecular complexity index is 816. The number of aromatic nitrogens is 2. The zero-order valence-electron chi connectivity index (χ0n) is 14.5. The van der Waals surface area contributed by atoms with Gasteiger partial charge in [-0.1, -0.05) is 13.3 Å². The Kier molecular flexibility index (Phi) is 4.51. The molecule has 0 unspecified atom stereocenters. The van der Waals surface area contributed by atoms with Crippen LogP contribution in [0.15, 0.2) is 24.5 Å². The molecule has 2 atom stereocenters. The number of piperidine rings is 1. The lowest BCUT2D eigenvalue weighted by Gasteiger charge is -2.42. The van der Waals surface area contributed by atoms with Crippen LogP contribution < -0.4 is 0 Å². The van der Waals surface area contributed by atoms with Crippen molar-refractivity contribution in [3.8, 4) is 0 Å². The van der Waals surface area contributed by atoms with Crippen molar-refractivity contribution in [2.24, 2.45) is 12.5 Å². The highest BCUT2D eigenvalue weighted by molar-refractivity contribution is 5.97. The van der Waals surface area contributed by atoms with Crippen molar-refractivity contribution in [2.45, 2.75) is 32.3 Å². The van der Waals surface area contributed by atoms with E-state index >= 15 is 0 Å². The molecule has 1 aliphatic rings. The molecular weight excluding hydrogens is 322 g/mol. The number of carbonyl (C=O) groups is 2. The predicted octanol–water partition coefficient (Wildman–Crippen LogP) is 1.65. The number of aliphatic carboxylic acids is 1. The van der Waals surface area contributed by atoms with Gasteiger partial charge in [-0.05, 0) is 31.0 Å². The number of likely N-dealkylation sites (tertiary alicyclic amines) is 1. The van der Waals surface area contributed by atoms with Crippen molar-refractivity contribution in [1.82, 2.24) is 14.5 Å². The molecule has 1 saturated heterocycles. The zero-order chi connectivity index (χ0) is 18.2. The lowest BCUT2D eigenvalue weighted by molar-refractivity contribution is -0.162. The van der Waals surface area contributed by atoms with Gasteiger partial charge < -0.3 is 19.7 Å². The number of fused-ring (bicyclic) bond motifs is 1. The summed E-state index contributed by atoms with van der Waals surface area (Å²) in [5.41, 5.74) is 1.01. The number of aryl methyl sites for hydroxylation is 1. The van der Waals surface area contributed by atoms with E-state index in [2.05, 4.69) is 4.98 Å². The summed E-state index contributed by atoms with van der Waals surface area (Å²) in [5, 5.41) is 20.1. The number of β-amino-alcohol motifs (C(OH)–C–C–N with tert-alkyl or cyclic N) is 1. The number of aliphatic hydroxyl groups excluding tert-OH is 1. The summed E-state index contributed by atoms with van der Waals surface area (Å²) in [4.78, 5) is 30.3. The molecule has 0 bridgehead atoms. The number of benzene rings is 1. The van der Waals surface area contributed by atoms with Gasteiger partial charge >= 0.3 is 5.97 Å². The number of rotatable bonds is 4. The highest BCUT2D eigenvalue weighted by atomic mass is 16.4. The van der Waals surface area contributed by atoms with Crippen LogP contribution in [0.5, 0.6) is 0 Å². The van der Waals surface area contributed by atoms with E-state index in [1.807, 2.05) is 24.6 Å². The first kappa shape index (κ1) is 17.4. The molecule has 25 heavy (non-hydrogen) atoms. The number of carboxylic acid groups (broad SMARTS) is 1.